The fourth-order valence-electron chi connectivity index (χ4n) is 3.31. The standard InChI is InChI=1S/C22H19F3N2O4S/c1-14-13-26-10-9-17(14)15-5-4-6-16(11-15)19(12-21(28)29)27-32(30,31)20-8-3-2-7-18(20)22(23,24)25/h2-11,13,19,27H,12H2,1H3,(H,28,29). The Morgan fingerprint density at radius 2 is 1.84 bits per heavy atom. The molecule has 0 radical (unpaired) electrons. The number of alkyl halides is 3. The lowest BCUT2D eigenvalue weighted by Gasteiger charge is -2.20. The van der Waals surface area contributed by atoms with Crippen LogP contribution >= 0.6 is 0 Å². The number of aliphatic carboxylic acids is 1. The Kier molecular flexibility index (Phi) is 6.65. The average Bonchev–Trinajstić information content (AvgIpc) is 2.73. The van der Waals surface area contributed by atoms with E-state index in [1.807, 2.05) is 6.92 Å². The van der Waals surface area contributed by atoms with Gasteiger partial charge in [-0.25, -0.2) is 13.1 Å². The molecule has 6 nitrogen and oxygen atoms in total. The van der Waals surface area contributed by atoms with Gasteiger partial charge in [0, 0.05) is 12.4 Å². The number of hydrogen-bond donors (Lipinski definition) is 2. The van der Waals surface area contributed by atoms with Crippen molar-refractivity contribution in [3.05, 3.63) is 83.7 Å². The summed E-state index contributed by atoms with van der Waals surface area (Å²) in [5.74, 6) is -1.31. The third-order valence-corrected chi connectivity index (χ3v) is 6.31. The van der Waals surface area contributed by atoms with E-state index in [4.69, 9.17) is 0 Å². The summed E-state index contributed by atoms with van der Waals surface area (Å²) in [5, 5.41) is 9.30. The Balaban J connectivity index is 2.03. The minimum atomic E-state index is -4.90. The third kappa shape index (κ3) is 5.32. The van der Waals surface area contributed by atoms with Gasteiger partial charge in [0.2, 0.25) is 10.0 Å². The smallest absolute Gasteiger partial charge is 0.417 e. The Morgan fingerprint density at radius 3 is 2.50 bits per heavy atom. The van der Waals surface area contributed by atoms with Crippen molar-refractivity contribution >= 4 is 16.0 Å². The number of nitrogens with one attached hydrogen (secondary N) is 1. The first-order valence-electron chi connectivity index (χ1n) is 9.40. The number of nitrogens with zero attached hydrogens (tertiary/aromatic N) is 1. The average molecular weight is 464 g/mol. The Bertz CT molecular complexity index is 1240. The van der Waals surface area contributed by atoms with Gasteiger partial charge < -0.3 is 5.11 Å². The molecule has 3 rings (SSSR count). The molecule has 0 aliphatic heterocycles. The van der Waals surface area contributed by atoms with E-state index in [-0.39, 0.29) is 0 Å². The van der Waals surface area contributed by atoms with E-state index in [0.29, 0.717) is 17.2 Å². The first kappa shape index (κ1) is 23.4. The number of rotatable bonds is 7. The van der Waals surface area contributed by atoms with E-state index in [2.05, 4.69) is 9.71 Å². The molecule has 1 unspecified atom stereocenters. The molecule has 0 saturated heterocycles. The van der Waals surface area contributed by atoms with Gasteiger partial charge in [0.1, 0.15) is 0 Å². The van der Waals surface area contributed by atoms with Crippen LogP contribution in [0.3, 0.4) is 0 Å². The summed E-state index contributed by atoms with van der Waals surface area (Å²) in [6, 6.07) is 10.7. The number of sulfonamides is 1. The van der Waals surface area contributed by atoms with E-state index < -0.39 is 45.1 Å². The van der Waals surface area contributed by atoms with Crippen LogP contribution in [-0.4, -0.2) is 24.5 Å². The molecule has 3 aromatic rings. The quantitative estimate of drug-likeness (QED) is 0.534. The van der Waals surface area contributed by atoms with Crippen molar-refractivity contribution in [2.24, 2.45) is 0 Å². The molecule has 168 valence electrons. The number of pyridine rings is 1. The van der Waals surface area contributed by atoms with Crippen LogP contribution in [0.5, 0.6) is 0 Å². The van der Waals surface area contributed by atoms with E-state index in [1.54, 1.807) is 36.7 Å². The van der Waals surface area contributed by atoms with Crippen molar-refractivity contribution in [1.82, 2.24) is 9.71 Å². The molecule has 0 fully saturated rings. The molecule has 0 spiro atoms. The van der Waals surface area contributed by atoms with Crippen LogP contribution < -0.4 is 4.72 Å². The Morgan fingerprint density at radius 1 is 1.12 bits per heavy atom. The highest BCUT2D eigenvalue weighted by Crippen LogP contribution is 2.35. The van der Waals surface area contributed by atoms with Gasteiger partial charge in [-0.3, -0.25) is 9.78 Å². The molecule has 0 saturated carbocycles. The van der Waals surface area contributed by atoms with Gasteiger partial charge in [-0.15, -0.1) is 0 Å². The molecular weight excluding hydrogens is 445 g/mol. The van der Waals surface area contributed by atoms with E-state index in [9.17, 15) is 31.5 Å². The SMILES string of the molecule is Cc1cnccc1-c1cccc(C(CC(=O)O)NS(=O)(=O)c2ccccc2C(F)(F)F)c1. The second-order valence-corrected chi connectivity index (χ2v) is 8.76. The number of carboxylic acids is 1. The molecule has 0 amide bonds. The largest absolute Gasteiger partial charge is 0.481 e. The molecule has 0 bridgehead atoms. The zero-order valence-electron chi connectivity index (χ0n) is 16.8. The van der Waals surface area contributed by atoms with Crippen molar-refractivity contribution < 1.29 is 31.5 Å². The van der Waals surface area contributed by atoms with Gasteiger partial charge in [-0.2, -0.15) is 13.2 Å². The molecule has 2 aromatic carbocycles. The summed E-state index contributed by atoms with van der Waals surface area (Å²) in [7, 11) is -4.70. The highest BCUT2D eigenvalue weighted by Gasteiger charge is 2.37. The van der Waals surface area contributed by atoms with Crippen molar-refractivity contribution in [1.29, 1.82) is 0 Å². The maximum absolute atomic E-state index is 13.3. The van der Waals surface area contributed by atoms with Gasteiger partial charge in [-0.1, -0.05) is 30.3 Å². The predicted molar refractivity (Wildman–Crippen MR) is 111 cm³/mol. The number of aromatic nitrogens is 1. The zero-order chi connectivity index (χ0) is 23.5. The predicted octanol–water partition coefficient (Wildman–Crippen LogP) is 4.57. The normalized spacial score (nSPS) is 13.0. The monoisotopic (exact) mass is 464 g/mol. The van der Waals surface area contributed by atoms with Crippen LogP contribution in [0.2, 0.25) is 0 Å². The number of hydrogen-bond acceptors (Lipinski definition) is 4. The van der Waals surface area contributed by atoms with Crippen LogP contribution in [0.4, 0.5) is 13.2 Å². The molecule has 10 heteroatoms. The second kappa shape index (κ2) is 9.09. The van der Waals surface area contributed by atoms with Crippen molar-refractivity contribution in [2.45, 2.75) is 30.5 Å². The van der Waals surface area contributed by atoms with Gasteiger partial charge in [0.15, 0.2) is 0 Å². The summed E-state index contributed by atoms with van der Waals surface area (Å²) < 4.78 is 67.9. The van der Waals surface area contributed by atoms with Crippen molar-refractivity contribution in [2.75, 3.05) is 0 Å². The maximum atomic E-state index is 13.3. The molecular formula is C22H19F3N2O4S. The van der Waals surface area contributed by atoms with Gasteiger partial charge >= 0.3 is 12.1 Å². The van der Waals surface area contributed by atoms with E-state index >= 15 is 0 Å². The number of halogens is 3. The zero-order valence-corrected chi connectivity index (χ0v) is 17.6. The summed E-state index contributed by atoms with van der Waals surface area (Å²) >= 11 is 0. The molecule has 1 heterocycles. The fraction of sp³-hybridized carbons (Fsp3) is 0.182. The molecule has 0 aliphatic carbocycles. The first-order valence-corrected chi connectivity index (χ1v) is 10.9. The minimum absolute atomic E-state index is 0.300. The van der Waals surface area contributed by atoms with E-state index in [1.165, 1.54) is 12.1 Å². The lowest BCUT2D eigenvalue weighted by atomic mass is 9.97. The van der Waals surface area contributed by atoms with Crippen LogP contribution in [0.25, 0.3) is 11.1 Å². The molecule has 0 aliphatic rings. The van der Waals surface area contributed by atoms with Gasteiger partial charge in [0.05, 0.1) is 22.9 Å². The Labute approximate surface area is 182 Å². The minimum Gasteiger partial charge on any atom is -0.481 e. The summed E-state index contributed by atoms with van der Waals surface area (Å²) in [6.07, 6.45) is -2.33. The topological polar surface area (TPSA) is 96.4 Å². The number of aryl methyl sites for hydroxylation is 1. The number of benzene rings is 2. The van der Waals surface area contributed by atoms with Crippen LogP contribution in [-0.2, 0) is 21.0 Å². The molecule has 2 N–H and O–H groups in total. The van der Waals surface area contributed by atoms with Crippen LogP contribution in [0.1, 0.15) is 29.2 Å². The molecule has 1 aromatic heterocycles. The summed E-state index contributed by atoms with van der Waals surface area (Å²) in [4.78, 5) is 14.5. The lowest BCUT2D eigenvalue weighted by Crippen LogP contribution is -2.31. The number of carbonyl (C=O) groups is 1. The van der Waals surface area contributed by atoms with Gasteiger partial charge in [0.25, 0.3) is 0 Å². The lowest BCUT2D eigenvalue weighted by molar-refractivity contribution is -0.140. The molecule has 32 heavy (non-hydrogen) atoms. The maximum Gasteiger partial charge on any atom is 0.417 e. The fourth-order valence-corrected chi connectivity index (χ4v) is 4.76. The first-order chi connectivity index (χ1) is 15.0. The summed E-state index contributed by atoms with van der Waals surface area (Å²) in [6.45, 7) is 1.83. The highest BCUT2D eigenvalue weighted by molar-refractivity contribution is 7.89. The summed E-state index contributed by atoms with van der Waals surface area (Å²) in [5.41, 5.74) is 1.31. The molecule has 1 atom stereocenters. The number of carboxylic acid groups (broad SMARTS) is 1. The Hall–Kier alpha value is -3.24. The highest BCUT2D eigenvalue weighted by atomic mass is 32.2. The van der Waals surface area contributed by atoms with Gasteiger partial charge in [-0.05, 0) is 53.4 Å². The van der Waals surface area contributed by atoms with Crippen molar-refractivity contribution in [3.8, 4) is 11.1 Å². The van der Waals surface area contributed by atoms with Crippen molar-refractivity contribution in [3.63, 3.8) is 0 Å². The van der Waals surface area contributed by atoms with Crippen LogP contribution in [0, 0.1) is 6.92 Å². The second-order valence-electron chi connectivity index (χ2n) is 7.08. The third-order valence-electron chi connectivity index (χ3n) is 4.78. The van der Waals surface area contributed by atoms with E-state index in [0.717, 1.165) is 23.3 Å². The van der Waals surface area contributed by atoms with Crippen LogP contribution in [0.15, 0.2) is 71.9 Å².